The van der Waals surface area contributed by atoms with E-state index in [1.54, 1.807) is 19.1 Å². The molecule has 1 amide bonds. The molecule has 0 atom stereocenters. The van der Waals surface area contributed by atoms with Gasteiger partial charge in [0.15, 0.2) is 12.6 Å². The summed E-state index contributed by atoms with van der Waals surface area (Å²) in [4.78, 5) is 37.2. The second kappa shape index (κ2) is 10.9. The maximum Gasteiger partial charge on any atom is 0.513 e. The van der Waals surface area contributed by atoms with Crippen LogP contribution in [0.25, 0.3) is 5.57 Å². The molecule has 2 aliphatic rings. The van der Waals surface area contributed by atoms with Gasteiger partial charge in [0, 0.05) is 20.2 Å². The number of carbonyl (C=O) groups is 2. The monoisotopic (exact) mass is 450 g/mol. The Balaban J connectivity index is 0.00000363. The van der Waals surface area contributed by atoms with Gasteiger partial charge in [-0.2, -0.15) is 5.06 Å². The fraction of sp³-hybridized carbons (Fsp3) is 0.565. The quantitative estimate of drug-likeness (QED) is 0.460. The topological polar surface area (TPSA) is 86.8 Å². The van der Waals surface area contributed by atoms with E-state index in [1.165, 1.54) is 12.2 Å². The summed E-state index contributed by atoms with van der Waals surface area (Å²) in [5.74, 6) is -0.132. The summed E-state index contributed by atoms with van der Waals surface area (Å²) in [6.45, 7) is 6.64. The number of aryl methyl sites for hydroxylation is 2. The molecule has 0 bridgehead atoms. The third-order valence-electron chi connectivity index (χ3n) is 5.65. The Morgan fingerprint density at radius 3 is 2.44 bits per heavy atom. The predicted molar refractivity (Wildman–Crippen MR) is 118 cm³/mol. The van der Waals surface area contributed by atoms with Crippen LogP contribution in [0.1, 0.15) is 43.9 Å². The maximum absolute atomic E-state index is 13.7. The highest BCUT2D eigenvalue weighted by atomic mass is 16.8. The summed E-state index contributed by atoms with van der Waals surface area (Å²) in [5.41, 5.74) is 1.88. The predicted octanol–water partition coefficient (Wildman–Crippen LogP) is 3.60. The molecule has 9 nitrogen and oxygen atoms in total. The number of methoxy groups -OCH3 is 1. The number of ether oxygens (including phenoxy) is 3. The zero-order valence-electron chi connectivity index (χ0n) is 18.7. The molecule has 1 aromatic carbocycles. The minimum Gasteiger partial charge on any atom is -0.434 e. The Morgan fingerprint density at radius 2 is 1.84 bits per heavy atom. The summed E-state index contributed by atoms with van der Waals surface area (Å²) >= 11 is 0. The molecule has 1 spiro atoms. The van der Waals surface area contributed by atoms with Gasteiger partial charge in [-0.25, -0.2) is 14.7 Å². The van der Waals surface area contributed by atoms with Crippen molar-refractivity contribution in [2.45, 2.75) is 46.6 Å². The van der Waals surface area contributed by atoms with E-state index in [0.717, 1.165) is 11.1 Å². The number of hydroxylamine groups is 4. The van der Waals surface area contributed by atoms with Crippen LogP contribution in [-0.2, 0) is 28.7 Å². The maximum atomic E-state index is 13.7. The van der Waals surface area contributed by atoms with Crippen LogP contribution in [0.3, 0.4) is 0 Å². The molecule has 1 fully saturated rings. The first-order valence-corrected chi connectivity index (χ1v) is 10.3. The molecule has 0 radical (unpaired) electrons. The van der Waals surface area contributed by atoms with Crippen molar-refractivity contribution in [3.05, 3.63) is 40.6 Å². The summed E-state index contributed by atoms with van der Waals surface area (Å²) in [6, 6.07) is 5.82. The van der Waals surface area contributed by atoms with Gasteiger partial charge in [-0.05, 0) is 44.7 Å². The van der Waals surface area contributed by atoms with E-state index < -0.39 is 11.7 Å². The summed E-state index contributed by atoms with van der Waals surface area (Å²) in [6.07, 6.45) is 0.0361. The lowest BCUT2D eigenvalue weighted by atomic mass is 9.85. The average molecular weight is 451 g/mol. The van der Waals surface area contributed by atoms with Crippen LogP contribution >= 0.6 is 0 Å². The Bertz CT molecular complexity index is 860. The van der Waals surface area contributed by atoms with Gasteiger partial charge >= 0.3 is 6.16 Å². The van der Waals surface area contributed by atoms with Crippen LogP contribution in [0.15, 0.2) is 24.0 Å². The average Bonchev–Trinajstić information content (AvgIpc) is 2.96. The van der Waals surface area contributed by atoms with Gasteiger partial charge in [-0.1, -0.05) is 31.2 Å². The lowest BCUT2D eigenvalue weighted by Crippen LogP contribution is -2.55. The second-order valence-corrected chi connectivity index (χ2v) is 7.59. The van der Waals surface area contributed by atoms with Gasteiger partial charge in [0.25, 0.3) is 5.91 Å². The van der Waals surface area contributed by atoms with Crippen molar-refractivity contribution < 1.29 is 33.5 Å². The molecular formula is C23H34N2O7. The van der Waals surface area contributed by atoms with E-state index in [9.17, 15) is 9.59 Å². The molecule has 0 aromatic heterocycles. The smallest absolute Gasteiger partial charge is 0.434 e. The molecule has 1 aromatic rings. The van der Waals surface area contributed by atoms with E-state index in [1.807, 2.05) is 32.0 Å². The van der Waals surface area contributed by atoms with Crippen molar-refractivity contribution in [2.24, 2.45) is 0 Å². The SMILES string of the molecule is C.CCOC(=O)OC1=C(c2cc(C)ccc2C)C(=O)N(OCOC)C12CCN(OC)CC2. The van der Waals surface area contributed by atoms with Crippen molar-refractivity contribution in [3.63, 3.8) is 0 Å². The van der Waals surface area contributed by atoms with Crippen LogP contribution in [0.5, 0.6) is 0 Å². The van der Waals surface area contributed by atoms with Gasteiger partial charge in [0.1, 0.15) is 5.54 Å². The molecule has 2 heterocycles. The number of carbonyl (C=O) groups excluding carboxylic acids is 2. The molecule has 0 unspecified atom stereocenters. The summed E-state index contributed by atoms with van der Waals surface area (Å²) in [7, 11) is 3.08. The largest absolute Gasteiger partial charge is 0.513 e. The molecule has 1 saturated heterocycles. The van der Waals surface area contributed by atoms with Crippen molar-refractivity contribution >= 4 is 17.6 Å². The Labute approximate surface area is 189 Å². The molecule has 0 saturated carbocycles. The fourth-order valence-corrected chi connectivity index (χ4v) is 4.09. The van der Waals surface area contributed by atoms with Gasteiger partial charge in [0.2, 0.25) is 0 Å². The van der Waals surface area contributed by atoms with E-state index >= 15 is 0 Å². The number of benzene rings is 1. The molecule has 9 heteroatoms. The van der Waals surface area contributed by atoms with Gasteiger partial charge in [-0.15, -0.1) is 0 Å². The Hall–Kier alpha value is -2.46. The van der Waals surface area contributed by atoms with Crippen LogP contribution in [0, 0.1) is 13.8 Å². The van der Waals surface area contributed by atoms with Crippen LogP contribution in [0.4, 0.5) is 4.79 Å². The molecule has 0 N–H and O–H groups in total. The molecule has 3 rings (SSSR count). The van der Waals surface area contributed by atoms with Crippen LogP contribution in [0.2, 0.25) is 0 Å². The van der Waals surface area contributed by atoms with E-state index in [2.05, 4.69) is 0 Å². The highest BCUT2D eigenvalue weighted by Gasteiger charge is 2.57. The van der Waals surface area contributed by atoms with Crippen molar-refractivity contribution in [1.82, 2.24) is 10.1 Å². The molecule has 32 heavy (non-hydrogen) atoms. The Morgan fingerprint density at radius 1 is 1.16 bits per heavy atom. The van der Waals surface area contributed by atoms with E-state index in [0.29, 0.717) is 37.1 Å². The van der Waals surface area contributed by atoms with Gasteiger partial charge in [-0.3, -0.25) is 4.79 Å². The highest BCUT2D eigenvalue weighted by Crippen LogP contribution is 2.47. The van der Waals surface area contributed by atoms with Crippen molar-refractivity contribution in [2.75, 3.05) is 40.7 Å². The highest BCUT2D eigenvalue weighted by molar-refractivity contribution is 6.23. The lowest BCUT2D eigenvalue weighted by Gasteiger charge is -2.43. The normalized spacial score (nSPS) is 18.2. The van der Waals surface area contributed by atoms with Gasteiger partial charge in [0.05, 0.1) is 19.3 Å². The number of rotatable bonds is 7. The first-order chi connectivity index (χ1) is 14.9. The molecule has 0 aliphatic carbocycles. The zero-order valence-corrected chi connectivity index (χ0v) is 18.7. The molecular weight excluding hydrogens is 416 g/mol. The summed E-state index contributed by atoms with van der Waals surface area (Å²) in [5, 5.41) is 3.09. The number of hydrogen-bond donors (Lipinski definition) is 0. The first-order valence-electron chi connectivity index (χ1n) is 10.3. The Kier molecular flexibility index (Phi) is 8.80. The van der Waals surface area contributed by atoms with Gasteiger partial charge < -0.3 is 19.0 Å². The number of amides is 1. The zero-order chi connectivity index (χ0) is 22.6. The van der Waals surface area contributed by atoms with Crippen LogP contribution in [-0.4, -0.2) is 68.4 Å². The third kappa shape index (κ3) is 4.80. The standard InChI is InChI=1S/C22H30N2O7.CH4/c1-6-29-21(26)31-19-18(17-13-15(2)7-8-16(17)3)20(25)24(30-14-27-4)22(19)9-11-23(28-5)12-10-22;/h7-8,13H,6,9-12,14H2,1-5H3;1H4. The number of piperidine rings is 1. The van der Waals surface area contributed by atoms with E-state index in [4.69, 9.17) is 23.9 Å². The fourth-order valence-electron chi connectivity index (χ4n) is 4.09. The first kappa shape index (κ1) is 25.8. The second-order valence-electron chi connectivity index (χ2n) is 7.59. The minimum atomic E-state index is -0.983. The number of nitrogens with zero attached hydrogens (tertiary/aromatic N) is 2. The number of hydrogen-bond acceptors (Lipinski definition) is 8. The van der Waals surface area contributed by atoms with E-state index in [-0.39, 0.29) is 32.5 Å². The van der Waals surface area contributed by atoms with Crippen molar-refractivity contribution in [1.29, 1.82) is 0 Å². The lowest BCUT2D eigenvalue weighted by molar-refractivity contribution is -0.260. The minimum absolute atomic E-state index is 0. The summed E-state index contributed by atoms with van der Waals surface area (Å²) < 4.78 is 15.8. The third-order valence-corrected chi connectivity index (χ3v) is 5.65. The molecule has 2 aliphatic heterocycles. The van der Waals surface area contributed by atoms with Crippen molar-refractivity contribution in [3.8, 4) is 0 Å². The molecule has 178 valence electrons. The van der Waals surface area contributed by atoms with Crippen LogP contribution < -0.4 is 0 Å².